The fraction of sp³-hybridized carbons (Fsp3) is 0.857. The van der Waals surface area contributed by atoms with Gasteiger partial charge in [0.1, 0.15) is 0 Å². The second-order valence-electron chi connectivity index (χ2n) is 2.47. The Kier molecular flexibility index (Phi) is 5.56. The fourth-order valence-corrected chi connectivity index (χ4v) is 0.837. The lowest BCUT2D eigenvalue weighted by molar-refractivity contribution is 0.208. The molecule has 0 spiro atoms. The summed E-state index contributed by atoms with van der Waals surface area (Å²) in [5.41, 5.74) is 10.4. The number of carbonyl (C=O) groups is 1. The summed E-state index contributed by atoms with van der Waals surface area (Å²) >= 11 is 0. The van der Waals surface area contributed by atoms with E-state index >= 15 is 0 Å². The van der Waals surface area contributed by atoms with Crippen molar-refractivity contribution >= 4 is 6.03 Å². The molecule has 0 aromatic rings. The molecule has 0 aliphatic carbocycles. The SMILES string of the molecule is CCCCN(CCN)C(N)=O. The van der Waals surface area contributed by atoms with Gasteiger partial charge in [-0.3, -0.25) is 0 Å². The summed E-state index contributed by atoms with van der Waals surface area (Å²) < 4.78 is 0. The molecule has 11 heavy (non-hydrogen) atoms. The zero-order chi connectivity index (χ0) is 8.69. The van der Waals surface area contributed by atoms with Crippen LogP contribution in [0.15, 0.2) is 0 Å². The van der Waals surface area contributed by atoms with Crippen LogP contribution in [0.5, 0.6) is 0 Å². The molecule has 0 fully saturated rings. The fourth-order valence-electron chi connectivity index (χ4n) is 0.837. The van der Waals surface area contributed by atoms with Crippen LogP contribution in [-0.4, -0.2) is 30.6 Å². The molecule has 4 heteroatoms. The Bertz CT molecular complexity index is 116. The first-order valence-corrected chi connectivity index (χ1v) is 3.96. The van der Waals surface area contributed by atoms with Gasteiger partial charge in [0.15, 0.2) is 0 Å². The highest BCUT2D eigenvalue weighted by atomic mass is 16.2. The molecule has 0 unspecified atom stereocenters. The van der Waals surface area contributed by atoms with Gasteiger partial charge in [-0.15, -0.1) is 0 Å². The quantitative estimate of drug-likeness (QED) is 0.598. The van der Waals surface area contributed by atoms with Gasteiger partial charge in [-0.05, 0) is 6.42 Å². The van der Waals surface area contributed by atoms with Gasteiger partial charge in [-0.2, -0.15) is 0 Å². The highest BCUT2D eigenvalue weighted by molar-refractivity contribution is 5.71. The number of urea groups is 1. The van der Waals surface area contributed by atoms with E-state index in [2.05, 4.69) is 6.92 Å². The van der Waals surface area contributed by atoms with Crippen molar-refractivity contribution < 1.29 is 4.79 Å². The number of hydrogen-bond acceptors (Lipinski definition) is 2. The predicted octanol–water partition coefficient (Wildman–Crippen LogP) is 0.126. The molecule has 4 nitrogen and oxygen atoms in total. The van der Waals surface area contributed by atoms with Gasteiger partial charge in [-0.1, -0.05) is 13.3 Å². The van der Waals surface area contributed by atoms with Gasteiger partial charge in [-0.25, -0.2) is 4.79 Å². The highest BCUT2D eigenvalue weighted by Crippen LogP contribution is 1.92. The maximum absolute atomic E-state index is 10.7. The molecule has 0 aliphatic rings. The smallest absolute Gasteiger partial charge is 0.314 e. The van der Waals surface area contributed by atoms with E-state index in [0.29, 0.717) is 13.1 Å². The normalized spacial score (nSPS) is 9.64. The average molecular weight is 159 g/mol. The molecule has 0 aliphatic heterocycles. The molecule has 0 rings (SSSR count). The number of nitrogens with zero attached hydrogens (tertiary/aromatic N) is 1. The monoisotopic (exact) mass is 159 g/mol. The molecular formula is C7H17N3O. The standard InChI is InChI=1S/C7H17N3O/c1-2-3-5-10(6-4-8)7(9)11/h2-6,8H2,1H3,(H2,9,11). The molecule has 0 bridgehead atoms. The van der Waals surface area contributed by atoms with Crippen molar-refractivity contribution in [1.82, 2.24) is 4.90 Å². The van der Waals surface area contributed by atoms with Gasteiger partial charge >= 0.3 is 6.03 Å². The summed E-state index contributed by atoms with van der Waals surface area (Å²) in [6, 6.07) is -0.371. The van der Waals surface area contributed by atoms with E-state index < -0.39 is 0 Å². The lowest BCUT2D eigenvalue weighted by atomic mass is 10.3. The van der Waals surface area contributed by atoms with Crippen molar-refractivity contribution in [2.24, 2.45) is 11.5 Å². The highest BCUT2D eigenvalue weighted by Gasteiger charge is 2.05. The molecule has 0 saturated carbocycles. The molecule has 0 aromatic carbocycles. The van der Waals surface area contributed by atoms with Crippen molar-refractivity contribution in [2.75, 3.05) is 19.6 Å². The minimum Gasteiger partial charge on any atom is -0.351 e. The molecule has 0 atom stereocenters. The molecular weight excluding hydrogens is 142 g/mol. The van der Waals surface area contributed by atoms with E-state index in [1.54, 1.807) is 4.90 Å². The minimum absolute atomic E-state index is 0.371. The first-order chi connectivity index (χ1) is 5.22. The van der Waals surface area contributed by atoms with Gasteiger partial charge in [0.2, 0.25) is 0 Å². The Morgan fingerprint density at radius 2 is 2.09 bits per heavy atom. The summed E-state index contributed by atoms with van der Waals surface area (Å²) in [5, 5.41) is 0. The largest absolute Gasteiger partial charge is 0.351 e. The predicted molar refractivity (Wildman–Crippen MR) is 45.1 cm³/mol. The Labute approximate surface area is 67.5 Å². The number of rotatable bonds is 5. The van der Waals surface area contributed by atoms with Crippen molar-refractivity contribution in [3.8, 4) is 0 Å². The van der Waals surface area contributed by atoms with Crippen molar-refractivity contribution in [2.45, 2.75) is 19.8 Å². The molecule has 0 aromatic heterocycles. The first-order valence-electron chi connectivity index (χ1n) is 3.96. The van der Waals surface area contributed by atoms with E-state index in [0.717, 1.165) is 19.4 Å². The molecule has 4 N–H and O–H groups in total. The van der Waals surface area contributed by atoms with Crippen molar-refractivity contribution in [1.29, 1.82) is 0 Å². The lowest BCUT2D eigenvalue weighted by Gasteiger charge is -2.18. The van der Waals surface area contributed by atoms with E-state index in [1.807, 2.05) is 0 Å². The third kappa shape index (κ3) is 4.61. The summed E-state index contributed by atoms with van der Waals surface area (Å²) in [4.78, 5) is 12.3. The van der Waals surface area contributed by atoms with E-state index in [-0.39, 0.29) is 6.03 Å². The van der Waals surface area contributed by atoms with Crippen LogP contribution in [0.4, 0.5) is 4.79 Å². The Balaban J connectivity index is 3.60. The van der Waals surface area contributed by atoms with Crippen LogP contribution >= 0.6 is 0 Å². The van der Waals surface area contributed by atoms with E-state index in [1.165, 1.54) is 0 Å². The van der Waals surface area contributed by atoms with Crippen LogP contribution in [-0.2, 0) is 0 Å². The zero-order valence-corrected chi connectivity index (χ0v) is 7.05. The Morgan fingerprint density at radius 1 is 1.45 bits per heavy atom. The van der Waals surface area contributed by atoms with Crippen LogP contribution in [0.1, 0.15) is 19.8 Å². The average Bonchev–Trinajstić information content (AvgIpc) is 1.97. The van der Waals surface area contributed by atoms with Crippen LogP contribution in [0.3, 0.4) is 0 Å². The lowest BCUT2D eigenvalue weighted by Crippen LogP contribution is -2.39. The summed E-state index contributed by atoms with van der Waals surface area (Å²) in [6.07, 6.45) is 2.05. The van der Waals surface area contributed by atoms with Gasteiger partial charge < -0.3 is 16.4 Å². The van der Waals surface area contributed by atoms with Crippen LogP contribution in [0.2, 0.25) is 0 Å². The first kappa shape index (κ1) is 10.2. The van der Waals surface area contributed by atoms with Crippen LogP contribution in [0.25, 0.3) is 0 Å². The topological polar surface area (TPSA) is 72.3 Å². The van der Waals surface area contributed by atoms with E-state index in [9.17, 15) is 4.79 Å². The number of primary amides is 1. The van der Waals surface area contributed by atoms with Crippen LogP contribution < -0.4 is 11.5 Å². The number of nitrogens with two attached hydrogens (primary N) is 2. The number of amides is 2. The van der Waals surface area contributed by atoms with Gasteiger partial charge in [0.05, 0.1) is 0 Å². The maximum Gasteiger partial charge on any atom is 0.314 e. The van der Waals surface area contributed by atoms with E-state index in [4.69, 9.17) is 11.5 Å². The summed E-state index contributed by atoms with van der Waals surface area (Å²) in [6.45, 7) is 3.84. The molecule has 0 saturated heterocycles. The third-order valence-electron chi connectivity index (χ3n) is 1.49. The second-order valence-corrected chi connectivity index (χ2v) is 2.47. The number of hydrogen-bond donors (Lipinski definition) is 2. The van der Waals surface area contributed by atoms with Crippen molar-refractivity contribution in [3.05, 3.63) is 0 Å². The maximum atomic E-state index is 10.7. The summed E-state index contributed by atoms with van der Waals surface area (Å²) in [7, 11) is 0. The number of unbranched alkanes of at least 4 members (excludes halogenated alkanes) is 1. The molecule has 0 heterocycles. The Morgan fingerprint density at radius 3 is 2.45 bits per heavy atom. The van der Waals surface area contributed by atoms with Crippen molar-refractivity contribution in [3.63, 3.8) is 0 Å². The van der Waals surface area contributed by atoms with Gasteiger partial charge in [0, 0.05) is 19.6 Å². The summed E-state index contributed by atoms with van der Waals surface area (Å²) in [5.74, 6) is 0. The molecule has 2 amide bonds. The molecule has 66 valence electrons. The van der Waals surface area contributed by atoms with Crippen LogP contribution in [0, 0.1) is 0 Å². The second kappa shape index (κ2) is 5.97. The van der Waals surface area contributed by atoms with Gasteiger partial charge in [0.25, 0.3) is 0 Å². The Hall–Kier alpha value is -0.770. The minimum atomic E-state index is -0.371. The zero-order valence-electron chi connectivity index (χ0n) is 7.05. The number of carbonyl (C=O) groups excluding carboxylic acids is 1. The third-order valence-corrected chi connectivity index (χ3v) is 1.49. The molecule has 0 radical (unpaired) electrons.